The molecule has 2 rings (SSSR count). The number of amides is 1. The highest BCUT2D eigenvalue weighted by molar-refractivity contribution is 5.91. The Morgan fingerprint density at radius 2 is 2.05 bits per heavy atom. The molecule has 0 radical (unpaired) electrons. The standard InChI is InChI=1S/C16H14N2O3/c1-12-16(21)14(11-19)9-10-18(12)17-15(20)8-7-13-5-3-2-4-6-13/h2-10,21H,1H3,(H,17,20). The van der Waals surface area contributed by atoms with Gasteiger partial charge >= 0.3 is 0 Å². The molecular formula is C16H14N2O3. The molecular weight excluding hydrogens is 268 g/mol. The van der Waals surface area contributed by atoms with E-state index in [2.05, 4.69) is 5.43 Å². The Balaban J connectivity index is 2.04. The average Bonchev–Trinajstić information content (AvgIpc) is 2.51. The van der Waals surface area contributed by atoms with Gasteiger partial charge in [0.25, 0.3) is 5.91 Å². The third-order valence-corrected chi connectivity index (χ3v) is 2.92. The lowest BCUT2D eigenvalue weighted by Gasteiger charge is -2.24. The van der Waals surface area contributed by atoms with E-state index in [0.717, 1.165) is 5.56 Å². The van der Waals surface area contributed by atoms with Crippen LogP contribution in [0.1, 0.15) is 12.5 Å². The second-order valence-corrected chi connectivity index (χ2v) is 4.36. The van der Waals surface area contributed by atoms with E-state index in [9.17, 15) is 14.7 Å². The molecule has 5 nitrogen and oxygen atoms in total. The Bertz CT molecular complexity index is 681. The molecule has 106 valence electrons. The van der Waals surface area contributed by atoms with E-state index < -0.39 is 0 Å². The summed E-state index contributed by atoms with van der Waals surface area (Å²) in [4.78, 5) is 22.4. The summed E-state index contributed by atoms with van der Waals surface area (Å²) in [6, 6.07) is 9.41. The minimum atomic E-state index is -0.353. The van der Waals surface area contributed by atoms with Gasteiger partial charge in [0.1, 0.15) is 11.5 Å². The lowest BCUT2D eigenvalue weighted by molar-refractivity contribution is -0.119. The summed E-state index contributed by atoms with van der Waals surface area (Å²) in [5.74, 6) is 1.06. The fraction of sp³-hybridized carbons (Fsp3) is 0.0625. The van der Waals surface area contributed by atoms with Crippen LogP contribution in [0, 0.1) is 0 Å². The molecule has 1 amide bonds. The van der Waals surface area contributed by atoms with Crippen LogP contribution in [-0.2, 0) is 9.59 Å². The maximum Gasteiger partial charge on any atom is 0.262 e. The molecule has 0 spiro atoms. The van der Waals surface area contributed by atoms with Crippen molar-refractivity contribution in [3.8, 4) is 0 Å². The Kier molecular flexibility index (Phi) is 4.39. The molecule has 5 heteroatoms. The van der Waals surface area contributed by atoms with Crippen LogP contribution in [0.2, 0.25) is 0 Å². The fourth-order valence-corrected chi connectivity index (χ4v) is 1.74. The molecule has 0 atom stereocenters. The molecule has 21 heavy (non-hydrogen) atoms. The van der Waals surface area contributed by atoms with Gasteiger partial charge in [-0.15, -0.1) is 0 Å². The molecule has 0 fully saturated rings. The number of nitrogens with one attached hydrogen (secondary N) is 1. The number of hydrazine groups is 1. The molecule has 0 aromatic heterocycles. The van der Waals surface area contributed by atoms with Crippen molar-refractivity contribution in [1.82, 2.24) is 10.4 Å². The molecule has 0 unspecified atom stereocenters. The molecule has 1 heterocycles. The van der Waals surface area contributed by atoms with E-state index in [4.69, 9.17) is 0 Å². The molecule has 1 aliphatic heterocycles. The third kappa shape index (κ3) is 3.49. The Morgan fingerprint density at radius 1 is 1.33 bits per heavy atom. The van der Waals surface area contributed by atoms with Crippen molar-refractivity contribution in [3.63, 3.8) is 0 Å². The predicted molar refractivity (Wildman–Crippen MR) is 79.1 cm³/mol. The van der Waals surface area contributed by atoms with Crippen LogP contribution in [0.3, 0.4) is 0 Å². The number of allylic oxidation sites excluding steroid dienone is 2. The molecule has 1 aromatic carbocycles. The molecule has 0 aliphatic carbocycles. The summed E-state index contributed by atoms with van der Waals surface area (Å²) in [7, 11) is 0. The number of aliphatic hydroxyl groups is 1. The minimum Gasteiger partial charge on any atom is -0.505 e. The Morgan fingerprint density at radius 3 is 2.71 bits per heavy atom. The summed E-state index contributed by atoms with van der Waals surface area (Å²) in [6.07, 6.45) is 5.91. The zero-order valence-corrected chi connectivity index (χ0v) is 11.4. The van der Waals surface area contributed by atoms with Gasteiger partial charge in [0.2, 0.25) is 0 Å². The number of benzene rings is 1. The topological polar surface area (TPSA) is 69.6 Å². The van der Waals surface area contributed by atoms with Gasteiger partial charge in [0, 0.05) is 12.3 Å². The normalized spacial score (nSPS) is 14.5. The second-order valence-electron chi connectivity index (χ2n) is 4.36. The van der Waals surface area contributed by atoms with Crippen LogP contribution in [0.15, 0.2) is 65.7 Å². The summed E-state index contributed by atoms with van der Waals surface area (Å²) < 4.78 is 0. The Hall–Kier alpha value is -3.04. The van der Waals surface area contributed by atoms with Gasteiger partial charge in [-0.3, -0.25) is 15.2 Å². The zero-order valence-electron chi connectivity index (χ0n) is 11.4. The summed E-state index contributed by atoms with van der Waals surface area (Å²) >= 11 is 0. The fourth-order valence-electron chi connectivity index (χ4n) is 1.74. The minimum absolute atomic E-state index is 0.0535. The molecule has 2 N–H and O–H groups in total. The predicted octanol–water partition coefficient (Wildman–Crippen LogP) is 2.11. The van der Waals surface area contributed by atoms with E-state index in [1.807, 2.05) is 30.3 Å². The van der Waals surface area contributed by atoms with Gasteiger partial charge in [-0.05, 0) is 24.6 Å². The maximum atomic E-state index is 11.8. The van der Waals surface area contributed by atoms with Gasteiger partial charge in [-0.2, -0.15) is 0 Å². The maximum absolute atomic E-state index is 11.8. The average molecular weight is 282 g/mol. The number of aliphatic hydroxyl groups excluding tert-OH is 1. The molecule has 1 aromatic rings. The quantitative estimate of drug-likeness (QED) is 0.658. The SMILES string of the molecule is CC1=C(O)C(=C=O)C=CN1NC(=O)C=Cc1ccccc1. The van der Waals surface area contributed by atoms with Gasteiger partial charge in [-0.1, -0.05) is 30.3 Å². The number of hydrogen-bond donors (Lipinski definition) is 2. The first-order chi connectivity index (χ1) is 10.1. The second kappa shape index (κ2) is 6.41. The number of carbonyl (C=O) groups excluding carboxylic acids is 2. The van der Waals surface area contributed by atoms with Crippen molar-refractivity contribution in [2.24, 2.45) is 0 Å². The van der Waals surface area contributed by atoms with Gasteiger partial charge in [-0.25, -0.2) is 4.79 Å². The number of nitrogens with zero attached hydrogens (tertiary/aromatic N) is 1. The number of carbonyl (C=O) groups is 1. The monoisotopic (exact) mass is 282 g/mol. The van der Waals surface area contributed by atoms with E-state index in [1.165, 1.54) is 23.4 Å². The van der Waals surface area contributed by atoms with Crippen LogP contribution in [-0.4, -0.2) is 22.0 Å². The van der Waals surface area contributed by atoms with E-state index in [-0.39, 0.29) is 17.2 Å². The molecule has 0 bridgehead atoms. The third-order valence-electron chi connectivity index (χ3n) is 2.92. The highest BCUT2D eigenvalue weighted by Gasteiger charge is 2.17. The van der Waals surface area contributed by atoms with Crippen molar-refractivity contribution >= 4 is 17.9 Å². The van der Waals surface area contributed by atoms with Gasteiger partial charge < -0.3 is 5.11 Å². The van der Waals surface area contributed by atoms with Crippen LogP contribution >= 0.6 is 0 Å². The van der Waals surface area contributed by atoms with Crippen molar-refractivity contribution in [2.75, 3.05) is 0 Å². The zero-order chi connectivity index (χ0) is 15.2. The number of rotatable bonds is 3. The summed E-state index contributed by atoms with van der Waals surface area (Å²) in [5.41, 5.74) is 3.88. The molecule has 0 saturated carbocycles. The van der Waals surface area contributed by atoms with Crippen LogP contribution in [0.4, 0.5) is 0 Å². The molecule has 0 saturated heterocycles. The highest BCUT2D eigenvalue weighted by atomic mass is 16.3. The van der Waals surface area contributed by atoms with Crippen molar-refractivity contribution < 1.29 is 14.7 Å². The van der Waals surface area contributed by atoms with E-state index in [0.29, 0.717) is 5.70 Å². The van der Waals surface area contributed by atoms with Crippen LogP contribution in [0.5, 0.6) is 0 Å². The number of hydrogen-bond acceptors (Lipinski definition) is 4. The Labute approximate surface area is 122 Å². The van der Waals surface area contributed by atoms with E-state index >= 15 is 0 Å². The first-order valence-corrected chi connectivity index (χ1v) is 6.28. The van der Waals surface area contributed by atoms with E-state index in [1.54, 1.807) is 18.9 Å². The largest absolute Gasteiger partial charge is 0.505 e. The van der Waals surface area contributed by atoms with Crippen LogP contribution in [0.25, 0.3) is 6.08 Å². The van der Waals surface area contributed by atoms with Crippen molar-refractivity contribution in [2.45, 2.75) is 6.92 Å². The molecule has 1 aliphatic rings. The van der Waals surface area contributed by atoms with Crippen molar-refractivity contribution in [1.29, 1.82) is 0 Å². The van der Waals surface area contributed by atoms with Gasteiger partial charge in [0.05, 0.1) is 5.70 Å². The summed E-state index contributed by atoms with van der Waals surface area (Å²) in [6.45, 7) is 1.58. The first-order valence-electron chi connectivity index (χ1n) is 6.28. The van der Waals surface area contributed by atoms with Crippen molar-refractivity contribution in [3.05, 3.63) is 71.3 Å². The first kappa shape index (κ1) is 14.4. The highest BCUT2D eigenvalue weighted by Crippen LogP contribution is 2.19. The lowest BCUT2D eigenvalue weighted by Crippen LogP contribution is -2.38. The lowest BCUT2D eigenvalue weighted by atomic mass is 10.1. The van der Waals surface area contributed by atoms with Gasteiger partial charge in [0.15, 0.2) is 5.76 Å². The van der Waals surface area contributed by atoms with Crippen LogP contribution < -0.4 is 5.43 Å². The summed E-state index contributed by atoms with van der Waals surface area (Å²) in [5, 5.41) is 11.1. The smallest absolute Gasteiger partial charge is 0.262 e.